The molecule has 1 aliphatic rings. The van der Waals surface area contributed by atoms with E-state index in [0.29, 0.717) is 18.1 Å². The van der Waals surface area contributed by atoms with Gasteiger partial charge in [-0.3, -0.25) is 14.7 Å². The number of benzene rings is 1. The minimum absolute atomic E-state index is 0.0635. The maximum absolute atomic E-state index is 13.8. The van der Waals surface area contributed by atoms with Gasteiger partial charge in [-0.1, -0.05) is 12.1 Å². The number of halogens is 1. The smallest absolute Gasteiger partial charge is 0.241 e. The Labute approximate surface area is 139 Å². The first-order valence-corrected chi connectivity index (χ1v) is 7.87. The SMILES string of the molecule is NC(=O)CN1CCCC(c2nccnc2Oc2ccccc2F)C1. The van der Waals surface area contributed by atoms with Crippen molar-refractivity contribution < 1.29 is 13.9 Å². The van der Waals surface area contributed by atoms with Crippen molar-refractivity contribution >= 4 is 5.91 Å². The van der Waals surface area contributed by atoms with Gasteiger partial charge < -0.3 is 10.5 Å². The molecule has 0 bridgehead atoms. The molecule has 1 amide bonds. The average molecular weight is 330 g/mol. The Hall–Kier alpha value is -2.54. The number of primary amides is 1. The predicted octanol–water partition coefficient (Wildman–Crippen LogP) is 2.07. The highest BCUT2D eigenvalue weighted by Crippen LogP contribution is 2.33. The van der Waals surface area contributed by atoms with E-state index in [1.54, 1.807) is 24.4 Å². The van der Waals surface area contributed by atoms with Crippen LogP contribution >= 0.6 is 0 Å². The summed E-state index contributed by atoms with van der Waals surface area (Å²) in [7, 11) is 0. The van der Waals surface area contributed by atoms with E-state index in [4.69, 9.17) is 10.5 Å². The minimum atomic E-state index is -0.451. The van der Waals surface area contributed by atoms with Crippen LogP contribution in [0.1, 0.15) is 24.5 Å². The molecule has 1 aromatic carbocycles. The largest absolute Gasteiger partial charge is 0.434 e. The van der Waals surface area contributed by atoms with E-state index in [9.17, 15) is 9.18 Å². The summed E-state index contributed by atoms with van der Waals surface area (Å²) in [4.78, 5) is 21.7. The van der Waals surface area contributed by atoms with Crippen molar-refractivity contribution in [1.82, 2.24) is 14.9 Å². The van der Waals surface area contributed by atoms with Gasteiger partial charge in [-0.2, -0.15) is 0 Å². The van der Waals surface area contributed by atoms with E-state index in [-0.39, 0.29) is 24.1 Å². The molecule has 0 radical (unpaired) electrons. The van der Waals surface area contributed by atoms with Crippen LogP contribution in [0, 0.1) is 5.82 Å². The van der Waals surface area contributed by atoms with Gasteiger partial charge in [0.15, 0.2) is 11.6 Å². The van der Waals surface area contributed by atoms with Gasteiger partial charge in [-0.25, -0.2) is 9.37 Å². The molecule has 1 atom stereocenters. The van der Waals surface area contributed by atoms with Crippen LogP contribution in [0.5, 0.6) is 11.6 Å². The molecule has 126 valence electrons. The molecule has 24 heavy (non-hydrogen) atoms. The van der Waals surface area contributed by atoms with Gasteiger partial charge in [-0.15, -0.1) is 0 Å². The van der Waals surface area contributed by atoms with Crippen molar-refractivity contribution in [2.24, 2.45) is 5.73 Å². The molecule has 1 fully saturated rings. The topological polar surface area (TPSA) is 81.3 Å². The summed E-state index contributed by atoms with van der Waals surface area (Å²) in [5.74, 6) is -0.322. The molecular formula is C17H19FN4O2. The van der Waals surface area contributed by atoms with Crippen LogP contribution in [0.15, 0.2) is 36.7 Å². The number of para-hydroxylation sites is 1. The summed E-state index contributed by atoms with van der Waals surface area (Å²) in [5.41, 5.74) is 5.96. The molecule has 1 unspecified atom stereocenters. The lowest BCUT2D eigenvalue weighted by molar-refractivity contribution is -0.119. The van der Waals surface area contributed by atoms with Crippen molar-refractivity contribution in [3.8, 4) is 11.6 Å². The van der Waals surface area contributed by atoms with E-state index in [1.807, 2.05) is 4.90 Å². The molecule has 2 heterocycles. The van der Waals surface area contributed by atoms with Crippen molar-refractivity contribution in [3.05, 3.63) is 48.2 Å². The first-order valence-electron chi connectivity index (χ1n) is 7.87. The van der Waals surface area contributed by atoms with Crippen molar-refractivity contribution in [2.45, 2.75) is 18.8 Å². The van der Waals surface area contributed by atoms with Crippen LogP contribution in [-0.4, -0.2) is 40.4 Å². The fraction of sp³-hybridized carbons (Fsp3) is 0.353. The molecule has 1 saturated heterocycles. The number of likely N-dealkylation sites (tertiary alicyclic amines) is 1. The Kier molecular flexibility index (Phi) is 5.00. The second kappa shape index (κ2) is 7.35. The zero-order valence-corrected chi connectivity index (χ0v) is 13.2. The molecule has 0 saturated carbocycles. The Morgan fingerprint density at radius 1 is 1.33 bits per heavy atom. The van der Waals surface area contributed by atoms with E-state index < -0.39 is 5.82 Å². The highest BCUT2D eigenvalue weighted by Gasteiger charge is 2.26. The Morgan fingerprint density at radius 3 is 2.92 bits per heavy atom. The standard InChI is InChI=1S/C17H19FN4O2/c18-13-5-1-2-6-14(13)24-17-16(20-7-8-21-17)12-4-3-9-22(10-12)11-15(19)23/h1-2,5-8,12H,3-4,9-11H2,(H2,19,23). The van der Waals surface area contributed by atoms with E-state index in [0.717, 1.165) is 19.4 Å². The summed E-state index contributed by atoms with van der Waals surface area (Å²) in [6, 6.07) is 6.18. The number of hydrogen-bond acceptors (Lipinski definition) is 5. The Morgan fingerprint density at radius 2 is 2.12 bits per heavy atom. The second-order valence-corrected chi connectivity index (χ2v) is 5.82. The third kappa shape index (κ3) is 3.86. The number of piperidine rings is 1. The highest BCUT2D eigenvalue weighted by atomic mass is 19.1. The maximum atomic E-state index is 13.8. The van der Waals surface area contributed by atoms with Gasteiger partial charge in [0.1, 0.15) is 5.69 Å². The normalized spacial score (nSPS) is 18.3. The molecule has 2 N–H and O–H groups in total. The van der Waals surface area contributed by atoms with Crippen LogP contribution in [0.3, 0.4) is 0 Å². The Balaban J connectivity index is 1.81. The van der Waals surface area contributed by atoms with Crippen LogP contribution in [0.4, 0.5) is 4.39 Å². The molecule has 0 aliphatic carbocycles. The van der Waals surface area contributed by atoms with Crippen LogP contribution in [0.2, 0.25) is 0 Å². The van der Waals surface area contributed by atoms with Crippen LogP contribution in [-0.2, 0) is 4.79 Å². The number of carbonyl (C=O) groups is 1. The first kappa shape index (κ1) is 16.3. The van der Waals surface area contributed by atoms with E-state index in [2.05, 4.69) is 9.97 Å². The van der Waals surface area contributed by atoms with Crippen LogP contribution in [0.25, 0.3) is 0 Å². The Bertz CT molecular complexity index is 725. The molecule has 7 heteroatoms. The zero-order valence-electron chi connectivity index (χ0n) is 13.2. The van der Waals surface area contributed by atoms with Gasteiger partial charge in [0.2, 0.25) is 11.8 Å². The number of hydrogen-bond donors (Lipinski definition) is 1. The first-order chi connectivity index (χ1) is 11.6. The van der Waals surface area contributed by atoms with Crippen molar-refractivity contribution in [1.29, 1.82) is 0 Å². The lowest BCUT2D eigenvalue weighted by Crippen LogP contribution is -2.40. The third-order valence-electron chi connectivity index (χ3n) is 4.01. The number of ether oxygens (including phenoxy) is 1. The summed E-state index contributed by atoms with van der Waals surface area (Å²) >= 11 is 0. The third-order valence-corrected chi connectivity index (χ3v) is 4.01. The molecule has 1 aliphatic heterocycles. The maximum Gasteiger partial charge on any atom is 0.241 e. The predicted molar refractivity (Wildman–Crippen MR) is 86.1 cm³/mol. The fourth-order valence-corrected chi connectivity index (χ4v) is 2.97. The lowest BCUT2D eigenvalue weighted by atomic mass is 9.94. The number of amides is 1. The van der Waals surface area contributed by atoms with Gasteiger partial charge in [0.25, 0.3) is 0 Å². The van der Waals surface area contributed by atoms with Crippen molar-refractivity contribution in [3.63, 3.8) is 0 Å². The average Bonchev–Trinajstić information content (AvgIpc) is 2.57. The number of aromatic nitrogens is 2. The van der Waals surface area contributed by atoms with Gasteiger partial charge >= 0.3 is 0 Å². The van der Waals surface area contributed by atoms with Gasteiger partial charge in [0.05, 0.1) is 6.54 Å². The number of carbonyl (C=O) groups excluding carboxylic acids is 1. The summed E-state index contributed by atoms with van der Waals surface area (Å²) in [5, 5.41) is 0. The molecule has 0 spiro atoms. The van der Waals surface area contributed by atoms with Gasteiger partial charge in [0, 0.05) is 24.9 Å². The van der Waals surface area contributed by atoms with Gasteiger partial charge in [-0.05, 0) is 31.5 Å². The fourth-order valence-electron chi connectivity index (χ4n) is 2.97. The minimum Gasteiger partial charge on any atom is -0.434 e. The molecule has 3 rings (SSSR count). The van der Waals surface area contributed by atoms with Crippen molar-refractivity contribution in [2.75, 3.05) is 19.6 Å². The molecule has 1 aromatic heterocycles. The van der Waals surface area contributed by atoms with E-state index in [1.165, 1.54) is 12.3 Å². The molecule has 2 aromatic rings. The monoisotopic (exact) mass is 330 g/mol. The quantitative estimate of drug-likeness (QED) is 0.907. The zero-order chi connectivity index (χ0) is 16.9. The number of nitrogens with two attached hydrogens (primary N) is 1. The summed E-state index contributed by atoms with van der Waals surface area (Å²) in [6.45, 7) is 1.69. The second-order valence-electron chi connectivity index (χ2n) is 5.82. The summed E-state index contributed by atoms with van der Waals surface area (Å²) < 4.78 is 19.5. The van der Waals surface area contributed by atoms with Crippen LogP contribution < -0.4 is 10.5 Å². The lowest BCUT2D eigenvalue weighted by Gasteiger charge is -2.31. The molecule has 6 nitrogen and oxygen atoms in total. The van der Waals surface area contributed by atoms with E-state index >= 15 is 0 Å². The highest BCUT2D eigenvalue weighted by molar-refractivity contribution is 5.75. The molecular weight excluding hydrogens is 311 g/mol. The number of rotatable bonds is 5. The summed E-state index contributed by atoms with van der Waals surface area (Å²) in [6.07, 6.45) is 4.94. The number of nitrogens with zero attached hydrogens (tertiary/aromatic N) is 3.